The summed E-state index contributed by atoms with van der Waals surface area (Å²) < 4.78 is 5.73. The summed E-state index contributed by atoms with van der Waals surface area (Å²) in [7, 11) is 4.11. The predicted octanol–water partition coefficient (Wildman–Crippen LogP) is 1.01. The van der Waals surface area contributed by atoms with Crippen LogP contribution in [0.1, 0.15) is 32.1 Å². The van der Waals surface area contributed by atoms with Gasteiger partial charge in [-0.3, -0.25) is 0 Å². The number of ether oxygens (including phenoxy) is 1. The van der Waals surface area contributed by atoms with E-state index in [0.29, 0.717) is 12.2 Å². The van der Waals surface area contributed by atoms with Crippen molar-refractivity contribution in [2.24, 2.45) is 0 Å². The number of fused-ring (bicyclic) bond motifs is 2. The summed E-state index contributed by atoms with van der Waals surface area (Å²) in [4.78, 5) is 2.13. The van der Waals surface area contributed by atoms with Crippen molar-refractivity contribution in [2.45, 2.75) is 49.9 Å². The van der Waals surface area contributed by atoms with E-state index >= 15 is 0 Å². The minimum Gasteiger partial charge on any atom is -0.390 e. The second-order valence-electron chi connectivity index (χ2n) is 5.14. The van der Waals surface area contributed by atoms with Crippen LogP contribution in [0.5, 0.6) is 0 Å². The van der Waals surface area contributed by atoms with Crippen LogP contribution in [0.4, 0.5) is 0 Å². The molecule has 0 aliphatic carbocycles. The molecule has 0 radical (unpaired) electrons. The molecule has 2 saturated heterocycles. The van der Waals surface area contributed by atoms with Crippen molar-refractivity contribution >= 4 is 0 Å². The SMILES string of the molecule is CN(C)CCC1(O)CC2CCC(C1)O2. The minimum atomic E-state index is -0.450. The van der Waals surface area contributed by atoms with Crippen LogP contribution in [0.15, 0.2) is 0 Å². The van der Waals surface area contributed by atoms with Gasteiger partial charge >= 0.3 is 0 Å². The summed E-state index contributed by atoms with van der Waals surface area (Å²) in [5.74, 6) is 0. The molecule has 0 saturated carbocycles. The van der Waals surface area contributed by atoms with Crippen LogP contribution >= 0.6 is 0 Å². The van der Waals surface area contributed by atoms with Gasteiger partial charge in [0.05, 0.1) is 17.8 Å². The van der Waals surface area contributed by atoms with E-state index in [1.807, 2.05) is 0 Å². The van der Waals surface area contributed by atoms with Gasteiger partial charge in [0.2, 0.25) is 0 Å². The van der Waals surface area contributed by atoms with E-state index in [2.05, 4.69) is 19.0 Å². The summed E-state index contributed by atoms with van der Waals surface area (Å²) in [6, 6.07) is 0. The first-order valence-electron chi connectivity index (χ1n) is 5.60. The first-order chi connectivity index (χ1) is 6.57. The lowest BCUT2D eigenvalue weighted by Crippen LogP contribution is -2.42. The molecule has 82 valence electrons. The molecule has 0 spiro atoms. The van der Waals surface area contributed by atoms with Gasteiger partial charge in [-0.25, -0.2) is 0 Å². The Hall–Kier alpha value is -0.120. The molecule has 2 atom stereocenters. The van der Waals surface area contributed by atoms with Crippen LogP contribution in [0.3, 0.4) is 0 Å². The molecule has 2 unspecified atom stereocenters. The van der Waals surface area contributed by atoms with Crippen LogP contribution in [-0.2, 0) is 4.74 Å². The highest BCUT2D eigenvalue weighted by molar-refractivity contribution is 4.94. The fraction of sp³-hybridized carbons (Fsp3) is 1.00. The minimum absolute atomic E-state index is 0.334. The molecule has 14 heavy (non-hydrogen) atoms. The molecule has 2 bridgehead atoms. The molecule has 0 aromatic carbocycles. The molecule has 3 heteroatoms. The van der Waals surface area contributed by atoms with Crippen molar-refractivity contribution in [1.29, 1.82) is 0 Å². The van der Waals surface area contributed by atoms with Crippen LogP contribution in [0.25, 0.3) is 0 Å². The molecule has 2 aliphatic rings. The van der Waals surface area contributed by atoms with Gasteiger partial charge in [-0.1, -0.05) is 0 Å². The predicted molar refractivity (Wildman–Crippen MR) is 55.2 cm³/mol. The third-order valence-corrected chi connectivity index (χ3v) is 3.44. The zero-order chi connectivity index (χ0) is 10.2. The highest BCUT2D eigenvalue weighted by Gasteiger charge is 2.43. The Labute approximate surface area is 86.0 Å². The maximum atomic E-state index is 10.4. The van der Waals surface area contributed by atoms with E-state index in [4.69, 9.17) is 4.74 Å². The molecule has 2 aliphatic heterocycles. The Morgan fingerprint density at radius 2 is 1.86 bits per heavy atom. The summed E-state index contributed by atoms with van der Waals surface area (Å²) in [6.45, 7) is 0.968. The Kier molecular flexibility index (Phi) is 2.82. The summed E-state index contributed by atoms with van der Waals surface area (Å²) in [6.07, 6.45) is 5.54. The van der Waals surface area contributed by atoms with Crippen LogP contribution in [0, 0.1) is 0 Å². The van der Waals surface area contributed by atoms with E-state index in [1.165, 1.54) is 0 Å². The molecule has 2 fully saturated rings. The standard InChI is InChI=1S/C11H21NO2/c1-12(2)6-5-11(13)7-9-3-4-10(8-11)14-9/h9-10,13H,3-8H2,1-2H3. The number of hydrogen-bond acceptors (Lipinski definition) is 3. The van der Waals surface area contributed by atoms with Crippen molar-refractivity contribution in [1.82, 2.24) is 4.90 Å². The number of hydrogen-bond donors (Lipinski definition) is 1. The average molecular weight is 199 g/mol. The summed E-state index contributed by atoms with van der Waals surface area (Å²) in [5, 5.41) is 10.4. The molecule has 0 aromatic heterocycles. The van der Waals surface area contributed by atoms with Crippen molar-refractivity contribution in [3.05, 3.63) is 0 Å². The number of rotatable bonds is 3. The van der Waals surface area contributed by atoms with Crippen molar-refractivity contribution in [3.63, 3.8) is 0 Å². The van der Waals surface area contributed by atoms with Gasteiger partial charge in [-0.05, 0) is 33.4 Å². The van der Waals surface area contributed by atoms with Gasteiger partial charge in [0.25, 0.3) is 0 Å². The Morgan fingerprint density at radius 3 is 2.36 bits per heavy atom. The summed E-state index contributed by atoms with van der Waals surface area (Å²) in [5.41, 5.74) is -0.450. The highest BCUT2D eigenvalue weighted by Crippen LogP contribution is 2.39. The van der Waals surface area contributed by atoms with Crippen molar-refractivity contribution in [2.75, 3.05) is 20.6 Å². The van der Waals surface area contributed by atoms with Gasteiger partial charge in [0, 0.05) is 19.4 Å². The van der Waals surface area contributed by atoms with Gasteiger partial charge < -0.3 is 14.7 Å². The third kappa shape index (κ3) is 2.27. The molecule has 0 amide bonds. The fourth-order valence-electron chi connectivity index (χ4n) is 2.65. The lowest BCUT2D eigenvalue weighted by Gasteiger charge is -2.37. The molecule has 1 N–H and O–H groups in total. The van der Waals surface area contributed by atoms with E-state index in [-0.39, 0.29) is 0 Å². The number of nitrogens with zero attached hydrogens (tertiary/aromatic N) is 1. The maximum absolute atomic E-state index is 10.4. The zero-order valence-corrected chi connectivity index (χ0v) is 9.20. The quantitative estimate of drug-likeness (QED) is 0.736. The largest absolute Gasteiger partial charge is 0.390 e. The van der Waals surface area contributed by atoms with Crippen molar-refractivity contribution in [3.8, 4) is 0 Å². The lowest BCUT2D eigenvalue weighted by molar-refractivity contribution is -0.115. The molecule has 3 nitrogen and oxygen atoms in total. The molecule has 2 heterocycles. The van der Waals surface area contributed by atoms with E-state index in [0.717, 1.165) is 38.6 Å². The number of aliphatic hydroxyl groups is 1. The van der Waals surface area contributed by atoms with Gasteiger partial charge in [-0.2, -0.15) is 0 Å². The second-order valence-corrected chi connectivity index (χ2v) is 5.14. The van der Waals surface area contributed by atoms with Gasteiger partial charge in [0.15, 0.2) is 0 Å². The molecular weight excluding hydrogens is 178 g/mol. The van der Waals surface area contributed by atoms with E-state index in [9.17, 15) is 5.11 Å². The van der Waals surface area contributed by atoms with E-state index < -0.39 is 5.60 Å². The first kappa shape index (κ1) is 10.4. The lowest BCUT2D eigenvalue weighted by atomic mass is 9.87. The van der Waals surface area contributed by atoms with Crippen LogP contribution < -0.4 is 0 Å². The fourth-order valence-corrected chi connectivity index (χ4v) is 2.65. The smallest absolute Gasteiger partial charge is 0.0709 e. The Bertz CT molecular complexity index is 193. The average Bonchev–Trinajstić information content (AvgIpc) is 2.43. The highest BCUT2D eigenvalue weighted by atomic mass is 16.5. The van der Waals surface area contributed by atoms with Crippen LogP contribution in [-0.4, -0.2) is 48.5 Å². The van der Waals surface area contributed by atoms with Crippen molar-refractivity contribution < 1.29 is 9.84 Å². The second kappa shape index (κ2) is 3.80. The maximum Gasteiger partial charge on any atom is 0.0709 e. The first-order valence-corrected chi connectivity index (χ1v) is 5.60. The van der Waals surface area contributed by atoms with Gasteiger partial charge in [0.1, 0.15) is 0 Å². The summed E-state index contributed by atoms with van der Waals surface area (Å²) >= 11 is 0. The molecule has 0 aromatic rings. The monoisotopic (exact) mass is 199 g/mol. The Morgan fingerprint density at radius 1 is 1.29 bits per heavy atom. The Balaban J connectivity index is 1.89. The molecular formula is C11H21NO2. The van der Waals surface area contributed by atoms with Gasteiger partial charge in [-0.15, -0.1) is 0 Å². The van der Waals surface area contributed by atoms with E-state index in [1.54, 1.807) is 0 Å². The topological polar surface area (TPSA) is 32.7 Å². The third-order valence-electron chi connectivity index (χ3n) is 3.44. The zero-order valence-electron chi connectivity index (χ0n) is 9.20. The molecule has 2 rings (SSSR count). The normalized spacial score (nSPS) is 42.0. The van der Waals surface area contributed by atoms with Crippen LogP contribution in [0.2, 0.25) is 0 Å².